The van der Waals surface area contributed by atoms with E-state index in [-0.39, 0.29) is 24.2 Å². The number of nitrogens with zero attached hydrogens (tertiary/aromatic N) is 2. The van der Waals surface area contributed by atoms with Gasteiger partial charge in [-0.2, -0.15) is 13.2 Å². The molecule has 1 aliphatic rings. The molecule has 0 aromatic heterocycles. The number of carbonyl (C=O) groups excluding carboxylic acids is 1. The molecule has 0 saturated heterocycles. The summed E-state index contributed by atoms with van der Waals surface area (Å²) in [5, 5.41) is 4.02. The fourth-order valence-electron chi connectivity index (χ4n) is 3.67. The van der Waals surface area contributed by atoms with Crippen molar-refractivity contribution in [2.75, 3.05) is 6.54 Å². The van der Waals surface area contributed by atoms with Crippen LogP contribution < -0.4 is 0 Å². The molecule has 9 heteroatoms. The van der Waals surface area contributed by atoms with Gasteiger partial charge in [0.1, 0.15) is 11.6 Å². The van der Waals surface area contributed by atoms with Gasteiger partial charge in [0, 0.05) is 18.5 Å². The molecule has 0 radical (unpaired) electrons. The maximum Gasteiger partial charge on any atom is 0.416 e. The fraction of sp³-hybridized carbons (Fsp3) is 0.200. The average molecular weight is 474 g/mol. The summed E-state index contributed by atoms with van der Waals surface area (Å²) in [6.45, 7) is -0.148. The minimum atomic E-state index is -4.53. The van der Waals surface area contributed by atoms with Crippen LogP contribution in [0.5, 0.6) is 0 Å². The zero-order valence-corrected chi connectivity index (χ0v) is 17.7. The van der Waals surface area contributed by atoms with Gasteiger partial charge in [-0.1, -0.05) is 35.5 Å². The molecule has 1 amide bonds. The van der Waals surface area contributed by atoms with Crippen LogP contribution in [0.1, 0.15) is 33.5 Å². The normalized spacial score (nSPS) is 15.6. The van der Waals surface area contributed by atoms with Gasteiger partial charge in [0.25, 0.3) is 5.91 Å². The van der Waals surface area contributed by atoms with E-state index >= 15 is 0 Å². The van der Waals surface area contributed by atoms with Crippen molar-refractivity contribution in [2.24, 2.45) is 5.16 Å². The van der Waals surface area contributed by atoms with Crippen molar-refractivity contribution in [2.45, 2.75) is 25.2 Å². The molecule has 34 heavy (non-hydrogen) atoms. The summed E-state index contributed by atoms with van der Waals surface area (Å²) < 4.78 is 66.4. The van der Waals surface area contributed by atoms with Crippen molar-refractivity contribution in [3.63, 3.8) is 0 Å². The minimum absolute atomic E-state index is 0.000211. The third-order valence-electron chi connectivity index (χ3n) is 5.32. The third-order valence-corrected chi connectivity index (χ3v) is 5.32. The molecule has 0 aliphatic carbocycles. The number of amides is 1. The van der Waals surface area contributed by atoms with Crippen LogP contribution in [-0.4, -0.2) is 29.2 Å². The molecular weight excluding hydrogens is 455 g/mol. The first-order valence-electron chi connectivity index (χ1n) is 10.4. The largest absolute Gasteiger partial charge is 0.416 e. The van der Waals surface area contributed by atoms with Gasteiger partial charge in [-0.05, 0) is 53.6 Å². The van der Waals surface area contributed by atoms with E-state index in [1.54, 1.807) is 12.1 Å². The molecule has 3 aromatic carbocycles. The van der Waals surface area contributed by atoms with Crippen LogP contribution in [0.15, 0.2) is 78.0 Å². The van der Waals surface area contributed by atoms with Crippen molar-refractivity contribution >= 4 is 11.6 Å². The SMILES string of the molecule is O=C(c1cccc(F)c1)N(Cc1cccc(C(F)(F)F)c1)C[C@@H]1CC(c2ccc(F)cc2)=NO1. The molecule has 1 atom stereocenters. The molecule has 0 N–H and O–H groups in total. The van der Waals surface area contributed by atoms with Crippen LogP contribution in [0.4, 0.5) is 22.0 Å². The smallest absolute Gasteiger partial charge is 0.390 e. The second kappa shape index (κ2) is 9.62. The number of benzene rings is 3. The number of oxime groups is 1. The molecule has 176 valence electrons. The fourth-order valence-corrected chi connectivity index (χ4v) is 3.67. The van der Waals surface area contributed by atoms with E-state index in [0.29, 0.717) is 17.7 Å². The highest BCUT2D eigenvalue weighted by Crippen LogP contribution is 2.30. The lowest BCUT2D eigenvalue weighted by Gasteiger charge is -2.25. The van der Waals surface area contributed by atoms with Crippen LogP contribution in [0, 0.1) is 11.6 Å². The number of rotatable bonds is 6. The van der Waals surface area contributed by atoms with Gasteiger partial charge in [0.05, 0.1) is 17.8 Å². The summed E-state index contributed by atoms with van der Waals surface area (Å²) in [5.41, 5.74) is 0.705. The first-order valence-corrected chi connectivity index (χ1v) is 10.4. The average Bonchev–Trinajstić information content (AvgIpc) is 3.27. The van der Waals surface area contributed by atoms with Crippen LogP contribution in [0.3, 0.4) is 0 Å². The molecule has 4 rings (SSSR count). The molecular formula is C25H19F5N2O2. The van der Waals surface area contributed by atoms with Gasteiger partial charge < -0.3 is 9.74 Å². The molecule has 1 aliphatic heterocycles. The van der Waals surface area contributed by atoms with Crippen LogP contribution >= 0.6 is 0 Å². The molecule has 0 bridgehead atoms. The van der Waals surface area contributed by atoms with E-state index in [4.69, 9.17) is 4.84 Å². The van der Waals surface area contributed by atoms with E-state index in [1.165, 1.54) is 47.4 Å². The molecule has 0 fully saturated rings. The number of carbonyl (C=O) groups is 1. The molecule has 0 spiro atoms. The van der Waals surface area contributed by atoms with Gasteiger partial charge in [0.15, 0.2) is 6.10 Å². The van der Waals surface area contributed by atoms with E-state index in [2.05, 4.69) is 5.16 Å². The quantitative estimate of drug-likeness (QED) is 0.423. The number of hydrogen-bond donors (Lipinski definition) is 0. The predicted octanol–water partition coefficient (Wildman–Crippen LogP) is 5.82. The first-order chi connectivity index (χ1) is 16.2. The van der Waals surface area contributed by atoms with Crippen molar-refractivity contribution in [3.8, 4) is 0 Å². The summed E-state index contributed by atoms with van der Waals surface area (Å²) in [5.74, 6) is -1.56. The Kier molecular flexibility index (Phi) is 6.63. The Morgan fingerprint density at radius 2 is 1.71 bits per heavy atom. The van der Waals surface area contributed by atoms with E-state index in [0.717, 1.165) is 18.2 Å². The van der Waals surface area contributed by atoms with E-state index in [1.807, 2.05) is 0 Å². The maximum atomic E-state index is 13.7. The molecule has 1 heterocycles. The van der Waals surface area contributed by atoms with Crippen LogP contribution in [0.25, 0.3) is 0 Å². The highest BCUT2D eigenvalue weighted by atomic mass is 19.4. The van der Waals surface area contributed by atoms with Gasteiger partial charge in [0.2, 0.25) is 0 Å². The Bertz CT molecular complexity index is 1210. The zero-order chi connectivity index (χ0) is 24.3. The van der Waals surface area contributed by atoms with Crippen molar-refractivity contribution in [1.82, 2.24) is 4.90 Å². The predicted molar refractivity (Wildman–Crippen MR) is 115 cm³/mol. The highest BCUT2D eigenvalue weighted by Gasteiger charge is 2.31. The Morgan fingerprint density at radius 3 is 2.41 bits per heavy atom. The van der Waals surface area contributed by atoms with Gasteiger partial charge in [-0.3, -0.25) is 4.79 Å². The van der Waals surface area contributed by atoms with Crippen molar-refractivity contribution in [1.29, 1.82) is 0 Å². The number of hydrogen-bond acceptors (Lipinski definition) is 3. The lowest BCUT2D eigenvalue weighted by Crippen LogP contribution is -2.37. The topological polar surface area (TPSA) is 41.9 Å². The summed E-state index contributed by atoms with van der Waals surface area (Å²) in [6, 6.07) is 15.4. The summed E-state index contributed by atoms with van der Waals surface area (Å²) >= 11 is 0. The van der Waals surface area contributed by atoms with Gasteiger partial charge in [-0.25, -0.2) is 8.78 Å². The summed E-state index contributed by atoms with van der Waals surface area (Å²) in [6.07, 6.45) is -4.80. The maximum absolute atomic E-state index is 13.7. The van der Waals surface area contributed by atoms with Crippen LogP contribution in [-0.2, 0) is 17.6 Å². The Balaban J connectivity index is 1.55. The molecule has 0 saturated carbocycles. The van der Waals surface area contributed by atoms with Crippen LogP contribution in [0.2, 0.25) is 0 Å². The number of halogens is 5. The number of alkyl halides is 3. The van der Waals surface area contributed by atoms with Crippen molar-refractivity contribution in [3.05, 3.63) is 107 Å². The summed E-state index contributed by atoms with van der Waals surface area (Å²) in [4.78, 5) is 19.9. The standard InChI is InChI=1S/C25H19F5N2O2/c26-20-9-7-17(8-10-20)23-13-22(34-31-23)15-32(24(33)18-4-2-6-21(27)12-18)14-16-3-1-5-19(11-16)25(28,29)30/h1-12,22H,13-15H2/t22-/m0/s1. The second-order valence-electron chi connectivity index (χ2n) is 7.87. The Labute approximate surface area is 192 Å². The zero-order valence-electron chi connectivity index (χ0n) is 17.7. The second-order valence-corrected chi connectivity index (χ2v) is 7.87. The Hall–Kier alpha value is -3.75. The first kappa shape index (κ1) is 23.4. The van der Waals surface area contributed by atoms with Gasteiger partial charge >= 0.3 is 6.18 Å². The molecule has 0 unspecified atom stereocenters. The van der Waals surface area contributed by atoms with Gasteiger partial charge in [-0.15, -0.1) is 0 Å². The van der Waals surface area contributed by atoms with Crippen molar-refractivity contribution < 1.29 is 31.6 Å². The lowest BCUT2D eigenvalue weighted by molar-refractivity contribution is -0.137. The molecule has 3 aromatic rings. The molecule has 4 nitrogen and oxygen atoms in total. The highest BCUT2D eigenvalue weighted by molar-refractivity contribution is 6.01. The summed E-state index contributed by atoms with van der Waals surface area (Å²) in [7, 11) is 0. The third kappa shape index (κ3) is 5.59. The monoisotopic (exact) mass is 474 g/mol. The minimum Gasteiger partial charge on any atom is -0.390 e. The van der Waals surface area contributed by atoms with E-state index in [9.17, 15) is 26.7 Å². The lowest BCUT2D eigenvalue weighted by atomic mass is 10.0. The Morgan fingerprint density at radius 1 is 0.971 bits per heavy atom. The van der Waals surface area contributed by atoms with E-state index < -0.39 is 35.4 Å².